The second-order valence-corrected chi connectivity index (χ2v) is 9.98. The number of nitrogens with zero attached hydrogens (tertiary/aromatic N) is 2. The number of hydrogen-bond donors (Lipinski definition) is 3. The highest BCUT2D eigenvalue weighted by Gasteiger charge is 2.30. The summed E-state index contributed by atoms with van der Waals surface area (Å²) in [5.74, 6) is -0.0619. The zero-order valence-corrected chi connectivity index (χ0v) is 21.2. The maximum absolute atomic E-state index is 13.1. The Kier molecular flexibility index (Phi) is 8.25. The number of fused-ring (bicyclic) bond motifs is 1. The van der Waals surface area contributed by atoms with E-state index in [9.17, 15) is 22.8 Å². The Morgan fingerprint density at radius 1 is 1.00 bits per heavy atom. The van der Waals surface area contributed by atoms with Crippen LogP contribution in [0.2, 0.25) is 0 Å². The van der Waals surface area contributed by atoms with Gasteiger partial charge in [0.25, 0.3) is 0 Å². The molecule has 0 aliphatic rings. The van der Waals surface area contributed by atoms with E-state index in [2.05, 4.69) is 25.9 Å². The first-order chi connectivity index (χ1) is 17.2. The summed E-state index contributed by atoms with van der Waals surface area (Å²) in [7, 11) is 0. The van der Waals surface area contributed by atoms with E-state index in [0.29, 0.717) is 23.0 Å². The van der Waals surface area contributed by atoms with Gasteiger partial charge in [0, 0.05) is 16.8 Å². The van der Waals surface area contributed by atoms with Crippen molar-refractivity contribution in [3.63, 3.8) is 0 Å². The second-order valence-electron chi connectivity index (χ2n) is 9.98. The zero-order chi connectivity index (χ0) is 27.4. The fraction of sp³-hybridized carbons (Fsp3) is 0.385. The van der Waals surface area contributed by atoms with E-state index in [-0.39, 0.29) is 17.4 Å². The number of carbonyl (C=O) groups excluding carboxylic acids is 2. The summed E-state index contributed by atoms with van der Waals surface area (Å²) in [6.45, 7) is 9.04. The van der Waals surface area contributed by atoms with Crippen molar-refractivity contribution in [3.8, 4) is 0 Å². The van der Waals surface area contributed by atoms with Gasteiger partial charge in [-0.25, -0.2) is 14.8 Å². The lowest BCUT2D eigenvalue weighted by atomic mass is 10.0. The van der Waals surface area contributed by atoms with Crippen LogP contribution in [0.5, 0.6) is 0 Å². The van der Waals surface area contributed by atoms with E-state index in [4.69, 9.17) is 4.74 Å². The predicted octanol–water partition coefficient (Wildman–Crippen LogP) is 6.27. The van der Waals surface area contributed by atoms with Gasteiger partial charge in [-0.05, 0) is 69.5 Å². The molecule has 3 N–H and O–H groups in total. The molecule has 1 atom stereocenters. The Hall–Kier alpha value is -3.89. The number of nitrogens with one attached hydrogen (secondary N) is 3. The number of carbonyl (C=O) groups is 2. The number of rotatable bonds is 7. The van der Waals surface area contributed by atoms with Crippen LogP contribution in [0.3, 0.4) is 0 Å². The lowest BCUT2D eigenvalue weighted by Crippen LogP contribution is -2.46. The topological polar surface area (TPSA) is 105 Å². The van der Waals surface area contributed by atoms with Crippen molar-refractivity contribution in [3.05, 3.63) is 54.4 Å². The third-order valence-corrected chi connectivity index (χ3v) is 5.07. The minimum Gasteiger partial charge on any atom is -0.444 e. The maximum Gasteiger partial charge on any atom is 0.416 e. The van der Waals surface area contributed by atoms with Gasteiger partial charge in [0.1, 0.15) is 23.8 Å². The van der Waals surface area contributed by atoms with Gasteiger partial charge in [0.15, 0.2) is 0 Å². The molecular formula is C26H30F3N5O3. The zero-order valence-electron chi connectivity index (χ0n) is 21.2. The molecule has 0 radical (unpaired) electrons. The fourth-order valence-corrected chi connectivity index (χ4v) is 3.53. The minimum atomic E-state index is -4.48. The van der Waals surface area contributed by atoms with Crippen LogP contribution in [-0.2, 0) is 15.7 Å². The summed E-state index contributed by atoms with van der Waals surface area (Å²) in [6.07, 6.45) is -3.51. The molecule has 0 aliphatic heterocycles. The first-order valence-electron chi connectivity index (χ1n) is 11.7. The molecule has 8 nitrogen and oxygen atoms in total. The van der Waals surface area contributed by atoms with Crippen LogP contribution in [0.1, 0.15) is 46.6 Å². The number of alkyl halides is 3. The molecule has 11 heteroatoms. The van der Waals surface area contributed by atoms with Crippen LogP contribution in [-0.4, -0.2) is 33.6 Å². The smallest absolute Gasteiger partial charge is 0.416 e. The third-order valence-electron chi connectivity index (χ3n) is 5.07. The van der Waals surface area contributed by atoms with Gasteiger partial charge in [0.2, 0.25) is 5.91 Å². The molecular weight excluding hydrogens is 487 g/mol. The Labute approximate surface area is 213 Å². The average molecular weight is 518 g/mol. The molecule has 3 rings (SSSR count). The third kappa shape index (κ3) is 8.06. The molecule has 0 bridgehead atoms. The molecule has 37 heavy (non-hydrogen) atoms. The quantitative estimate of drug-likeness (QED) is 0.341. The van der Waals surface area contributed by atoms with Gasteiger partial charge in [0.05, 0.1) is 11.1 Å². The summed E-state index contributed by atoms with van der Waals surface area (Å²) in [6, 6.07) is 8.82. The molecule has 0 saturated heterocycles. The normalized spacial score (nSPS) is 12.8. The van der Waals surface area contributed by atoms with Gasteiger partial charge >= 0.3 is 12.3 Å². The Morgan fingerprint density at radius 3 is 2.38 bits per heavy atom. The highest BCUT2D eigenvalue weighted by molar-refractivity contribution is 6.00. The number of ether oxygens (including phenoxy) is 1. The van der Waals surface area contributed by atoms with Gasteiger partial charge in [-0.2, -0.15) is 13.2 Å². The summed E-state index contributed by atoms with van der Waals surface area (Å²) < 4.78 is 44.6. The van der Waals surface area contributed by atoms with Crippen molar-refractivity contribution < 1.29 is 27.5 Å². The van der Waals surface area contributed by atoms with Crippen LogP contribution in [0.15, 0.2) is 48.8 Å². The lowest BCUT2D eigenvalue weighted by Gasteiger charge is -2.24. The lowest BCUT2D eigenvalue weighted by molar-refractivity contribution is -0.137. The second kappa shape index (κ2) is 11.0. The molecule has 1 heterocycles. The molecule has 0 fully saturated rings. The number of anilines is 3. The summed E-state index contributed by atoms with van der Waals surface area (Å²) in [5.41, 5.74) is -0.392. The van der Waals surface area contributed by atoms with Crippen LogP contribution in [0.25, 0.3) is 10.9 Å². The number of alkyl carbamates (subject to hydrolysis) is 1. The SMILES string of the molecule is CC(C)C[C@@H](NC(=O)OC(C)(C)C)C(=O)Nc1ccc2ncnc(Nc3cccc(C(F)(F)F)c3)c2c1. The number of hydrogen-bond acceptors (Lipinski definition) is 6. The summed E-state index contributed by atoms with van der Waals surface area (Å²) in [4.78, 5) is 33.7. The van der Waals surface area contributed by atoms with E-state index in [1.807, 2.05) is 13.8 Å². The first kappa shape index (κ1) is 27.7. The predicted molar refractivity (Wildman–Crippen MR) is 136 cm³/mol. The highest BCUT2D eigenvalue weighted by Crippen LogP contribution is 2.32. The van der Waals surface area contributed by atoms with Crippen LogP contribution < -0.4 is 16.0 Å². The maximum atomic E-state index is 13.1. The fourth-order valence-electron chi connectivity index (χ4n) is 3.53. The van der Waals surface area contributed by atoms with E-state index in [1.54, 1.807) is 39.0 Å². The van der Waals surface area contributed by atoms with Gasteiger partial charge in [-0.3, -0.25) is 4.79 Å². The Balaban J connectivity index is 1.84. The number of aromatic nitrogens is 2. The van der Waals surface area contributed by atoms with Gasteiger partial charge in [-0.15, -0.1) is 0 Å². The standard InChI is InChI=1S/C26H30F3N5O3/c1-15(2)11-21(34-24(36)37-25(3,4)5)23(35)33-18-9-10-20-19(13-18)22(31-14-30-20)32-17-8-6-7-16(12-17)26(27,28)29/h6-10,12-15,21H,11H2,1-5H3,(H,33,35)(H,34,36)(H,30,31,32)/t21-/m1/s1. The minimum absolute atomic E-state index is 0.110. The van der Waals surface area contributed by atoms with Crippen molar-refractivity contribution in [2.24, 2.45) is 5.92 Å². The Morgan fingerprint density at radius 2 is 1.73 bits per heavy atom. The Bertz CT molecular complexity index is 1270. The number of amides is 2. The van der Waals surface area contributed by atoms with Gasteiger partial charge in [-0.1, -0.05) is 19.9 Å². The van der Waals surface area contributed by atoms with E-state index >= 15 is 0 Å². The molecule has 0 saturated carbocycles. The van der Waals surface area contributed by atoms with E-state index in [0.717, 1.165) is 12.1 Å². The molecule has 2 amide bonds. The van der Waals surface area contributed by atoms with Crippen molar-refractivity contribution in [2.45, 2.75) is 58.9 Å². The number of benzene rings is 2. The van der Waals surface area contributed by atoms with Crippen molar-refractivity contribution >= 4 is 40.1 Å². The van der Waals surface area contributed by atoms with Crippen molar-refractivity contribution in [2.75, 3.05) is 10.6 Å². The molecule has 0 spiro atoms. The monoisotopic (exact) mass is 517 g/mol. The molecule has 0 aliphatic carbocycles. The van der Waals surface area contributed by atoms with Gasteiger partial charge < -0.3 is 20.7 Å². The number of halogens is 3. The summed E-state index contributed by atoms with van der Waals surface area (Å²) >= 11 is 0. The van der Waals surface area contributed by atoms with Crippen molar-refractivity contribution in [1.29, 1.82) is 0 Å². The van der Waals surface area contributed by atoms with E-state index < -0.39 is 35.4 Å². The molecule has 1 aromatic heterocycles. The van der Waals surface area contributed by atoms with E-state index in [1.165, 1.54) is 18.5 Å². The molecule has 2 aromatic carbocycles. The molecule has 0 unspecified atom stereocenters. The summed E-state index contributed by atoms with van der Waals surface area (Å²) in [5, 5.41) is 8.79. The first-order valence-corrected chi connectivity index (χ1v) is 11.7. The van der Waals surface area contributed by atoms with Crippen LogP contribution in [0, 0.1) is 5.92 Å². The van der Waals surface area contributed by atoms with Crippen LogP contribution in [0.4, 0.5) is 35.2 Å². The highest BCUT2D eigenvalue weighted by atomic mass is 19.4. The molecule has 198 valence electrons. The average Bonchev–Trinajstić information content (AvgIpc) is 2.77. The largest absolute Gasteiger partial charge is 0.444 e. The van der Waals surface area contributed by atoms with Crippen LogP contribution >= 0.6 is 0 Å². The molecule has 3 aromatic rings. The van der Waals surface area contributed by atoms with Crippen molar-refractivity contribution in [1.82, 2.24) is 15.3 Å².